The maximum atomic E-state index is 11.6. The van der Waals surface area contributed by atoms with E-state index in [2.05, 4.69) is 0 Å². The summed E-state index contributed by atoms with van der Waals surface area (Å²) in [5, 5.41) is 0. The van der Waals surface area contributed by atoms with Crippen molar-refractivity contribution in [3.8, 4) is 0 Å². The van der Waals surface area contributed by atoms with E-state index in [1.807, 2.05) is 4.90 Å². The molecule has 2 rings (SSSR count). The van der Waals surface area contributed by atoms with Crippen LogP contribution in [0, 0.1) is 11.3 Å². The lowest BCUT2D eigenvalue weighted by Crippen LogP contribution is -2.41. The summed E-state index contributed by atoms with van der Waals surface area (Å²) in [6.45, 7) is 1.61. The van der Waals surface area contributed by atoms with Crippen molar-refractivity contribution in [1.82, 2.24) is 4.90 Å². The van der Waals surface area contributed by atoms with Gasteiger partial charge in [0.25, 0.3) is 0 Å². The number of nitrogens with zero attached hydrogens (tertiary/aromatic N) is 1. The molecule has 0 bridgehead atoms. The third-order valence-corrected chi connectivity index (χ3v) is 4.06. The van der Waals surface area contributed by atoms with Crippen molar-refractivity contribution < 1.29 is 19.1 Å². The normalized spacial score (nSPS) is 25.8. The van der Waals surface area contributed by atoms with Crippen molar-refractivity contribution >= 4 is 11.9 Å². The van der Waals surface area contributed by atoms with Gasteiger partial charge in [-0.2, -0.15) is 0 Å². The average Bonchev–Trinajstić information content (AvgIpc) is 3.03. The zero-order chi connectivity index (χ0) is 12.5. The molecule has 1 unspecified atom stereocenters. The molecule has 1 atom stereocenters. The summed E-state index contributed by atoms with van der Waals surface area (Å²) < 4.78 is 9.61. The minimum absolute atomic E-state index is 0.0395. The monoisotopic (exact) mass is 241 g/mol. The first-order valence-corrected chi connectivity index (χ1v) is 5.97. The van der Waals surface area contributed by atoms with Gasteiger partial charge in [-0.1, -0.05) is 0 Å². The van der Waals surface area contributed by atoms with Crippen LogP contribution in [0.15, 0.2) is 0 Å². The van der Waals surface area contributed by atoms with Gasteiger partial charge in [0.1, 0.15) is 6.61 Å². The summed E-state index contributed by atoms with van der Waals surface area (Å²) >= 11 is 0. The van der Waals surface area contributed by atoms with Gasteiger partial charge in [0.05, 0.1) is 13.0 Å². The van der Waals surface area contributed by atoms with Gasteiger partial charge in [-0.15, -0.1) is 0 Å². The lowest BCUT2D eigenvalue weighted by molar-refractivity contribution is -0.143. The summed E-state index contributed by atoms with van der Waals surface area (Å²) in [4.78, 5) is 24.9. The van der Waals surface area contributed by atoms with Gasteiger partial charge in [0, 0.05) is 20.2 Å². The van der Waals surface area contributed by atoms with E-state index in [1.54, 1.807) is 0 Å². The van der Waals surface area contributed by atoms with Gasteiger partial charge in [0.15, 0.2) is 0 Å². The highest BCUT2D eigenvalue weighted by atomic mass is 16.5. The van der Waals surface area contributed by atoms with Crippen LogP contribution in [0.2, 0.25) is 0 Å². The lowest BCUT2D eigenvalue weighted by atomic mass is 9.91. The number of hydrogen-bond donors (Lipinski definition) is 0. The smallest absolute Gasteiger partial charge is 0.309 e. The SMILES string of the molecule is COCC(=O)N1CCC2(CC1)CC2C(=O)OC. The summed E-state index contributed by atoms with van der Waals surface area (Å²) in [5.41, 5.74) is 0.122. The molecule has 1 aliphatic heterocycles. The third-order valence-electron chi connectivity index (χ3n) is 4.06. The number of piperidine rings is 1. The number of ether oxygens (including phenoxy) is 2. The molecule has 2 aliphatic rings. The Morgan fingerprint density at radius 1 is 1.29 bits per heavy atom. The molecule has 0 aromatic carbocycles. The first-order valence-electron chi connectivity index (χ1n) is 5.97. The second kappa shape index (κ2) is 4.64. The summed E-state index contributed by atoms with van der Waals surface area (Å²) in [5.74, 6) is 0.00598. The van der Waals surface area contributed by atoms with Gasteiger partial charge in [0.2, 0.25) is 5.91 Å². The highest BCUT2D eigenvalue weighted by molar-refractivity contribution is 5.78. The van der Waals surface area contributed by atoms with Crippen LogP contribution in [0.1, 0.15) is 19.3 Å². The molecule has 0 radical (unpaired) electrons. The molecule has 2 fully saturated rings. The maximum absolute atomic E-state index is 11.6. The van der Waals surface area contributed by atoms with Crippen molar-refractivity contribution in [3.05, 3.63) is 0 Å². The van der Waals surface area contributed by atoms with E-state index in [-0.39, 0.29) is 29.8 Å². The second-order valence-electron chi connectivity index (χ2n) is 4.96. The van der Waals surface area contributed by atoms with E-state index in [0.29, 0.717) is 0 Å². The number of likely N-dealkylation sites (tertiary alicyclic amines) is 1. The molecular weight excluding hydrogens is 222 g/mol. The third kappa shape index (κ3) is 2.29. The molecule has 0 aromatic rings. The van der Waals surface area contributed by atoms with Gasteiger partial charge >= 0.3 is 5.97 Å². The molecule has 0 N–H and O–H groups in total. The van der Waals surface area contributed by atoms with Crippen molar-refractivity contribution in [3.63, 3.8) is 0 Å². The fraction of sp³-hybridized carbons (Fsp3) is 0.833. The molecule has 1 saturated carbocycles. The Bertz CT molecular complexity index is 320. The lowest BCUT2D eigenvalue weighted by Gasteiger charge is -2.32. The van der Waals surface area contributed by atoms with Crippen molar-refractivity contribution in [2.75, 3.05) is 33.9 Å². The van der Waals surface area contributed by atoms with Crippen LogP contribution < -0.4 is 0 Å². The van der Waals surface area contributed by atoms with Gasteiger partial charge in [-0.25, -0.2) is 0 Å². The second-order valence-corrected chi connectivity index (χ2v) is 4.96. The molecule has 96 valence electrons. The number of amides is 1. The Balaban J connectivity index is 1.83. The zero-order valence-electron chi connectivity index (χ0n) is 10.4. The number of hydrogen-bond acceptors (Lipinski definition) is 4. The zero-order valence-corrected chi connectivity index (χ0v) is 10.4. The molecular formula is C12H19NO4. The van der Waals surface area contributed by atoms with Gasteiger partial charge in [-0.05, 0) is 24.7 Å². The predicted molar refractivity (Wildman–Crippen MR) is 60.2 cm³/mol. The Hall–Kier alpha value is -1.10. The molecule has 1 saturated heterocycles. The van der Waals surface area contributed by atoms with E-state index >= 15 is 0 Å². The fourth-order valence-electron chi connectivity index (χ4n) is 2.79. The summed E-state index contributed by atoms with van der Waals surface area (Å²) in [6.07, 6.45) is 2.73. The summed E-state index contributed by atoms with van der Waals surface area (Å²) in [6, 6.07) is 0. The van der Waals surface area contributed by atoms with E-state index in [9.17, 15) is 9.59 Å². The van der Waals surface area contributed by atoms with Gasteiger partial charge in [-0.3, -0.25) is 9.59 Å². The summed E-state index contributed by atoms with van der Waals surface area (Å²) in [7, 11) is 2.96. The molecule has 5 nitrogen and oxygen atoms in total. The Kier molecular flexibility index (Phi) is 3.38. The largest absolute Gasteiger partial charge is 0.469 e. The Morgan fingerprint density at radius 2 is 1.94 bits per heavy atom. The van der Waals surface area contributed by atoms with Crippen molar-refractivity contribution in [1.29, 1.82) is 0 Å². The molecule has 1 amide bonds. The highest BCUT2D eigenvalue weighted by Gasteiger charge is 2.59. The van der Waals surface area contributed by atoms with Crippen LogP contribution in [0.4, 0.5) is 0 Å². The predicted octanol–water partition coefficient (Wildman–Crippen LogP) is 0.434. The van der Waals surface area contributed by atoms with Crippen LogP contribution >= 0.6 is 0 Å². The first-order chi connectivity index (χ1) is 8.13. The molecule has 17 heavy (non-hydrogen) atoms. The quantitative estimate of drug-likeness (QED) is 0.673. The highest BCUT2D eigenvalue weighted by Crippen LogP contribution is 2.59. The number of methoxy groups -OCH3 is 2. The number of carbonyl (C=O) groups is 2. The topological polar surface area (TPSA) is 55.8 Å². The van der Waals surface area contributed by atoms with Crippen LogP contribution in [-0.2, 0) is 19.1 Å². The number of carbonyl (C=O) groups excluding carboxylic acids is 2. The number of esters is 1. The van der Waals surface area contributed by atoms with Crippen molar-refractivity contribution in [2.45, 2.75) is 19.3 Å². The molecule has 1 heterocycles. The van der Waals surface area contributed by atoms with Gasteiger partial charge < -0.3 is 14.4 Å². The minimum Gasteiger partial charge on any atom is -0.469 e. The van der Waals surface area contributed by atoms with E-state index in [1.165, 1.54) is 14.2 Å². The molecule has 5 heteroatoms. The van der Waals surface area contributed by atoms with Crippen LogP contribution in [0.5, 0.6) is 0 Å². The van der Waals surface area contributed by atoms with Crippen LogP contribution in [0.3, 0.4) is 0 Å². The maximum Gasteiger partial charge on any atom is 0.309 e. The molecule has 1 aliphatic carbocycles. The van der Waals surface area contributed by atoms with Crippen LogP contribution in [-0.4, -0.2) is 50.7 Å². The van der Waals surface area contributed by atoms with Crippen LogP contribution in [0.25, 0.3) is 0 Å². The first kappa shape index (κ1) is 12.4. The average molecular weight is 241 g/mol. The molecule has 0 aromatic heterocycles. The fourth-order valence-corrected chi connectivity index (χ4v) is 2.79. The standard InChI is InChI=1S/C12H19NO4/c1-16-8-10(14)13-5-3-12(4-6-13)7-9(12)11(15)17-2/h9H,3-8H2,1-2H3. The van der Waals surface area contributed by atoms with E-state index < -0.39 is 0 Å². The Labute approximate surface area is 101 Å². The number of rotatable bonds is 3. The molecule has 1 spiro atoms. The van der Waals surface area contributed by atoms with E-state index in [0.717, 1.165) is 32.4 Å². The van der Waals surface area contributed by atoms with Crippen molar-refractivity contribution in [2.24, 2.45) is 11.3 Å². The van der Waals surface area contributed by atoms with E-state index in [4.69, 9.17) is 9.47 Å². The Morgan fingerprint density at radius 3 is 2.47 bits per heavy atom. The minimum atomic E-state index is -0.0957.